The molecule has 0 aliphatic carbocycles. The Labute approximate surface area is 97.6 Å². The van der Waals surface area contributed by atoms with Gasteiger partial charge in [0, 0.05) is 0 Å². The van der Waals surface area contributed by atoms with E-state index in [1.54, 1.807) is 0 Å². The van der Waals surface area contributed by atoms with Gasteiger partial charge in [-0.2, -0.15) is 0 Å². The van der Waals surface area contributed by atoms with Gasteiger partial charge in [0.1, 0.15) is 0 Å². The van der Waals surface area contributed by atoms with E-state index in [9.17, 15) is 4.79 Å². The zero-order valence-corrected chi connectivity index (χ0v) is 10.5. The Morgan fingerprint density at radius 3 is 2.33 bits per heavy atom. The van der Waals surface area contributed by atoms with Crippen molar-refractivity contribution in [3.05, 3.63) is 5.73 Å². The Hall–Kier alpha value is 0.470. The number of rotatable bonds is 6. The molecule has 0 aliphatic rings. The number of hydrogen-bond acceptors (Lipinski definition) is 1. The van der Waals surface area contributed by atoms with Crippen molar-refractivity contribution in [3.8, 4) is 0 Å². The summed E-state index contributed by atoms with van der Waals surface area (Å²) in [6.07, 6.45) is 5.66. The van der Waals surface area contributed by atoms with Crippen molar-refractivity contribution < 1.29 is 34.4 Å². The maximum absolute atomic E-state index is 10.5. The predicted octanol–water partition coefficient (Wildman–Crippen LogP) is 0.176. The summed E-state index contributed by atoms with van der Waals surface area (Å²) in [5.74, 6) is -0.464. The van der Waals surface area contributed by atoms with Crippen molar-refractivity contribution in [1.82, 2.24) is 0 Å². The fourth-order valence-corrected chi connectivity index (χ4v) is 1.01. The van der Waals surface area contributed by atoms with E-state index in [0.29, 0.717) is 0 Å². The molecule has 66 valence electrons. The average Bonchev–Trinajstić information content (AvgIpc) is 1.97. The van der Waals surface area contributed by atoms with Crippen LogP contribution in [-0.2, 0) is 4.79 Å². The second kappa shape index (κ2) is 9.56. The van der Waals surface area contributed by atoms with Crippen molar-refractivity contribution in [2.75, 3.05) is 0 Å². The molecule has 12 heavy (non-hydrogen) atoms. The van der Waals surface area contributed by atoms with Gasteiger partial charge >= 0.3 is 29.6 Å². The van der Waals surface area contributed by atoms with Crippen molar-refractivity contribution >= 4 is 5.91 Å². The molecule has 0 saturated heterocycles. The molecule has 1 N–H and O–H groups in total. The Bertz CT molecular complexity index is 117. The summed E-state index contributed by atoms with van der Waals surface area (Å²) < 4.78 is 0. The van der Waals surface area contributed by atoms with Crippen LogP contribution in [0.1, 0.15) is 46.0 Å². The molecule has 0 spiro atoms. The molecule has 0 rings (SSSR count). The topological polar surface area (TPSA) is 40.9 Å². The maximum Gasteiger partial charge on any atom is 1.00 e. The third-order valence-corrected chi connectivity index (χ3v) is 1.94. The molecule has 0 saturated carbocycles. The van der Waals surface area contributed by atoms with Gasteiger partial charge in [-0.1, -0.05) is 39.5 Å². The molecule has 0 fully saturated rings. The van der Waals surface area contributed by atoms with E-state index in [0.717, 1.165) is 12.8 Å². The van der Waals surface area contributed by atoms with Crippen LogP contribution in [0.2, 0.25) is 0 Å². The van der Waals surface area contributed by atoms with E-state index >= 15 is 0 Å². The van der Waals surface area contributed by atoms with Crippen molar-refractivity contribution in [2.24, 2.45) is 5.92 Å². The molecule has 1 atom stereocenters. The maximum atomic E-state index is 10.5. The first-order valence-electron chi connectivity index (χ1n) is 4.44. The second-order valence-corrected chi connectivity index (χ2v) is 3.11. The summed E-state index contributed by atoms with van der Waals surface area (Å²) in [7, 11) is 0. The smallest absolute Gasteiger partial charge is 0.668 e. The largest absolute Gasteiger partial charge is 1.00 e. The van der Waals surface area contributed by atoms with E-state index < -0.39 is 5.91 Å². The number of hydrogen-bond donors (Lipinski definition) is 0. The Kier molecular flexibility index (Phi) is 11.9. The van der Waals surface area contributed by atoms with E-state index in [4.69, 9.17) is 5.73 Å². The van der Waals surface area contributed by atoms with Crippen LogP contribution in [0.25, 0.3) is 5.73 Å². The van der Waals surface area contributed by atoms with Crippen LogP contribution in [0.3, 0.4) is 0 Å². The summed E-state index contributed by atoms with van der Waals surface area (Å²) in [6.45, 7) is 4.00. The molecule has 0 aliphatic heterocycles. The molecule has 3 heteroatoms. The molecule has 0 radical (unpaired) electrons. The number of unbranched alkanes of at least 4 members (excludes halogenated alkanes) is 3. The van der Waals surface area contributed by atoms with Gasteiger partial charge in [-0.15, -0.1) is 0 Å². The Morgan fingerprint density at radius 1 is 1.33 bits per heavy atom. The summed E-state index contributed by atoms with van der Waals surface area (Å²) >= 11 is 0. The van der Waals surface area contributed by atoms with E-state index in [2.05, 4.69) is 6.92 Å². The molecule has 2 nitrogen and oxygen atoms in total. The zero-order chi connectivity index (χ0) is 8.69. The Balaban J connectivity index is 0. The van der Waals surface area contributed by atoms with Crippen LogP contribution < -0.4 is 29.6 Å². The molecule has 0 aromatic carbocycles. The van der Waals surface area contributed by atoms with E-state index in [1.165, 1.54) is 19.3 Å². The van der Waals surface area contributed by atoms with Crippen molar-refractivity contribution in [3.63, 3.8) is 0 Å². The molecular weight excluding hydrogens is 161 g/mol. The van der Waals surface area contributed by atoms with E-state index in [-0.39, 0.29) is 35.5 Å². The molecular formula is C9H18NNaO. The van der Waals surface area contributed by atoms with Crippen LogP contribution >= 0.6 is 0 Å². The van der Waals surface area contributed by atoms with Gasteiger partial charge in [0.2, 0.25) is 0 Å². The summed E-state index contributed by atoms with van der Waals surface area (Å²) in [6, 6.07) is 0. The quantitative estimate of drug-likeness (QED) is 0.423. The van der Waals surface area contributed by atoms with Gasteiger partial charge in [0.05, 0.1) is 5.91 Å². The first-order chi connectivity index (χ1) is 5.18. The van der Waals surface area contributed by atoms with E-state index in [1.807, 2.05) is 6.92 Å². The van der Waals surface area contributed by atoms with Crippen LogP contribution in [0.15, 0.2) is 0 Å². The van der Waals surface area contributed by atoms with Crippen molar-refractivity contribution in [2.45, 2.75) is 46.0 Å². The van der Waals surface area contributed by atoms with Gasteiger partial charge in [-0.25, -0.2) is 0 Å². The molecule has 1 amide bonds. The number of nitrogens with one attached hydrogen (secondary N) is 1. The molecule has 0 bridgehead atoms. The molecule has 0 heterocycles. The van der Waals surface area contributed by atoms with Crippen LogP contribution in [0.5, 0.6) is 0 Å². The first kappa shape index (κ1) is 15.0. The van der Waals surface area contributed by atoms with Crippen molar-refractivity contribution in [1.29, 1.82) is 0 Å². The summed E-state index contributed by atoms with van der Waals surface area (Å²) in [4.78, 5) is 10.5. The zero-order valence-electron chi connectivity index (χ0n) is 8.52. The summed E-state index contributed by atoms with van der Waals surface area (Å²) in [5, 5.41) is 0. The van der Waals surface area contributed by atoms with Gasteiger partial charge in [0.25, 0.3) is 0 Å². The minimum Gasteiger partial charge on any atom is -0.668 e. The van der Waals surface area contributed by atoms with Crippen LogP contribution in [0.4, 0.5) is 0 Å². The SMILES string of the molecule is CCCCCCC(C)C([NH-])=O.[Na+]. The minimum atomic E-state index is -0.415. The molecule has 0 aromatic rings. The fourth-order valence-electron chi connectivity index (χ4n) is 1.01. The summed E-state index contributed by atoms with van der Waals surface area (Å²) in [5.41, 5.74) is 6.83. The van der Waals surface area contributed by atoms with Gasteiger partial charge < -0.3 is 10.5 Å². The van der Waals surface area contributed by atoms with Crippen LogP contribution in [-0.4, -0.2) is 5.91 Å². The standard InChI is InChI=1S/C9H19NO.Na/c1-3-4-5-6-7-8(2)9(10)11;/h8H,3-7H2,1-2H3,(H2,10,11);/q;+1/p-1. The number of carbonyl (C=O) groups excluding carboxylic acids is 1. The predicted molar refractivity (Wildman–Crippen MR) is 47.3 cm³/mol. The molecule has 1 unspecified atom stereocenters. The fraction of sp³-hybridized carbons (Fsp3) is 0.889. The Morgan fingerprint density at radius 2 is 1.92 bits per heavy atom. The van der Waals surface area contributed by atoms with Crippen LogP contribution in [0, 0.1) is 5.92 Å². The molecule has 0 aromatic heterocycles. The van der Waals surface area contributed by atoms with Gasteiger partial charge in [-0.3, -0.25) is 0 Å². The number of amides is 1. The average molecular weight is 179 g/mol. The number of carbonyl (C=O) groups is 1. The van der Waals surface area contributed by atoms with Gasteiger partial charge in [-0.05, 0) is 12.3 Å². The normalized spacial score (nSPS) is 11.8. The monoisotopic (exact) mass is 179 g/mol. The second-order valence-electron chi connectivity index (χ2n) is 3.11. The third kappa shape index (κ3) is 8.57. The first-order valence-corrected chi connectivity index (χ1v) is 4.44. The third-order valence-electron chi connectivity index (χ3n) is 1.94. The van der Waals surface area contributed by atoms with Gasteiger partial charge in [0.15, 0.2) is 0 Å². The minimum absolute atomic E-state index is 0.